The molecule has 18 heteroatoms. The average Bonchev–Trinajstić information content (AvgIpc) is 0.864. The number of phosphoric acid groups is 2. The van der Waals surface area contributed by atoms with E-state index in [9.17, 15) is 43.5 Å². The lowest BCUT2D eigenvalue weighted by molar-refractivity contribution is -0.161. The Hall–Kier alpha value is -4.05. The molecule has 0 heterocycles. The normalized spacial score (nSPS) is 14.4. The van der Waals surface area contributed by atoms with Gasteiger partial charge in [0.05, 0.1) is 26.4 Å². The van der Waals surface area contributed by atoms with Gasteiger partial charge in [0.25, 0.3) is 0 Å². The number of ether oxygens (including phenoxy) is 3. The third kappa shape index (κ3) is 88.6. The monoisotopic (exact) mass is 1630 g/mol. The number of hydrogen-bond acceptors (Lipinski definition) is 14. The average molecular weight is 1630 g/mol. The fraction of sp³-hybridized carbons (Fsp3) is 0.758. The minimum absolute atomic E-state index is 0.106. The second-order valence-electron chi connectivity index (χ2n) is 30.7. The number of carbonyl (C=O) groups excluding carboxylic acids is 3. The molecular weight excluding hydrogens is 1460 g/mol. The van der Waals surface area contributed by atoms with E-state index in [1.165, 1.54) is 212 Å². The van der Waals surface area contributed by atoms with Crippen LogP contribution in [0, 0.1) is 0 Å². The van der Waals surface area contributed by atoms with Crippen LogP contribution in [0.2, 0.25) is 0 Å². The predicted molar refractivity (Wildman–Crippen MR) is 473 cm³/mol. The van der Waals surface area contributed by atoms with Crippen molar-refractivity contribution >= 4 is 33.6 Å². The molecule has 0 fully saturated rings. The molecule has 0 amide bonds. The third-order valence-corrected chi connectivity index (χ3v) is 21.6. The van der Waals surface area contributed by atoms with Crippen molar-refractivity contribution < 1.29 is 75.8 Å². The fourth-order valence-corrected chi connectivity index (χ4v) is 14.3. The molecule has 0 aliphatic carbocycles. The predicted octanol–water partition coefficient (Wildman–Crippen LogP) is 28.0. The summed E-state index contributed by atoms with van der Waals surface area (Å²) in [5.41, 5.74) is 0. The smallest absolute Gasteiger partial charge is 0.463 e. The van der Waals surface area contributed by atoms with E-state index in [-0.39, 0.29) is 19.3 Å². The van der Waals surface area contributed by atoms with Gasteiger partial charge >= 0.3 is 33.6 Å². The SMILES string of the molecule is CC/C=C\C/C=C\C/C=C\C/C=C\C/C=C\C/C=C\CCCCCCCCCCC(=O)OCC(COP(=O)(O)OCC(O)COP(=O)(O)OCC(O)COC(=O)CCCCCCCCCCCCCCCCCCCCC/C=C\C/C=C\C/C=C\C/C=C\CCCCC)OC(=O)CCCCCCCCCCCCCCCCC. The maximum Gasteiger partial charge on any atom is 0.472 e. The summed E-state index contributed by atoms with van der Waals surface area (Å²) in [6.07, 6.45) is 107. The summed E-state index contributed by atoms with van der Waals surface area (Å²) in [7, 11) is -9.79. The number of rotatable bonds is 87. The highest BCUT2D eigenvalue weighted by atomic mass is 31.2. The largest absolute Gasteiger partial charge is 0.472 e. The lowest BCUT2D eigenvalue weighted by atomic mass is 10.0. The number of allylic oxidation sites excluding steroid dienone is 20. The molecule has 16 nitrogen and oxygen atoms in total. The molecule has 0 radical (unpaired) electrons. The molecule has 0 spiro atoms. The van der Waals surface area contributed by atoms with Crippen molar-refractivity contribution in [1.29, 1.82) is 0 Å². The van der Waals surface area contributed by atoms with Gasteiger partial charge in [-0.25, -0.2) is 9.13 Å². The van der Waals surface area contributed by atoms with Crippen LogP contribution in [0.3, 0.4) is 0 Å². The summed E-state index contributed by atoms with van der Waals surface area (Å²) in [5.74, 6) is -1.56. The molecule has 113 heavy (non-hydrogen) atoms. The molecule has 0 aliphatic rings. The number of carbonyl (C=O) groups is 3. The molecule has 0 saturated heterocycles. The number of phosphoric ester groups is 2. The molecule has 0 bridgehead atoms. The van der Waals surface area contributed by atoms with E-state index in [2.05, 4.69) is 142 Å². The first-order valence-electron chi connectivity index (χ1n) is 45.8. The Labute approximate surface area is 691 Å². The van der Waals surface area contributed by atoms with Crippen LogP contribution in [0.4, 0.5) is 0 Å². The van der Waals surface area contributed by atoms with Gasteiger partial charge in [0.2, 0.25) is 0 Å². The molecule has 0 aromatic heterocycles. The number of aliphatic hydroxyl groups is 2. The van der Waals surface area contributed by atoms with Gasteiger partial charge in [-0.3, -0.25) is 32.5 Å². The summed E-state index contributed by atoms with van der Waals surface area (Å²) in [6.45, 7) is 2.60. The minimum Gasteiger partial charge on any atom is -0.463 e. The molecular formula is C95H168O16P2. The van der Waals surface area contributed by atoms with Crippen LogP contribution < -0.4 is 0 Å². The Morgan fingerprint density at radius 2 is 0.469 bits per heavy atom. The first kappa shape index (κ1) is 109. The molecule has 654 valence electrons. The number of esters is 3. The van der Waals surface area contributed by atoms with Gasteiger partial charge in [-0.05, 0) is 116 Å². The summed E-state index contributed by atoms with van der Waals surface area (Å²) in [5, 5.41) is 20.7. The Kier molecular flexibility index (Phi) is 84.1. The van der Waals surface area contributed by atoms with Crippen molar-refractivity contribution in [2.75, 3.05) is 39.6 Å². The van der Waals surface area contributed by atoms with E-state index >= 15 is 0 Å². The van der Waals surface area contributed by atoms with Crippen LogP contribution in [0.25, 0.3) is 0 Å². The molecule has 0 aromatic rings. The first-order valence-corrected chi connectivity index (χ1v) is 48.8. The van der Waals surface area contributed by atoms with Crippen molar-refractivity contribution in [3.05, 3.63) is 122 Å². The summed E-state index contributed by atoms with van der Waals surface area (Å²) < 4.78 is 61.4. The van der Waals surface area contributed by atoms with Crippen molar-refractivity contribution in [3.63, 3.8) is 0 Å². The van der Waals surface area contributed by atoms with Crippen molar-refractivity contribution in [2.24, 2.45) is 0 Å². The summed E-state index contributed by atoms with van der Waals surface area (Å²) >= 11 is 0. The highest BCUT2D eigenvalue weighted by molar-refractivity contribution is 7.47. The van der Waals surface area contributed by atoms with Crippen molar-refractivity contribution in [3.8, 4) is 0 Å². The van der Waals surface area contributed by atoms with E-state index < -0.39 is 91.5 Å². The number of unbranched alkanes of at least 4 members (excludes halogenated alkanes) is 44. The molecule has 0 saturated carbocycles. The zero-order valence-electron chi connectivity index (χ0n) is 72.0. The maximum absolute atomic E-state index is 13.0. The van der Waals surface area contributed by atoms with Gasteiger partial charge in [-0.2, -0.15) is 0 Å². The standard InChI is InChI=1S/C95H168O16P2/c1-4-7-10-13-16-19-22-25-28-30-32-34-36-38-40-41-42-43-44-45-46-47-49-51-52-54-56-58-61-63-66-69-72-75-78-81-93(98)105-84-90(96)85-107-112(101,102)108-86-91(97)87-109-113(103,104)110-89-92(111-95(100)83-80-77-74-71-68-65-60-27-24-21-18-15-12-9-6-3)88-106-94(99)82-79-76-73-70-67-64-62-59-57-55-53-50-48-39-37-35-33-31-29-26-23-20-17-14-11-8-5-2/h8,11,16-17,19-20,25-26,28-29,32-35,38-40,48,53,55,90-92,96-97H,4-7,9-10,12-15,18,21-24,27,30-31,36-37,41-47,49-52,54,56-89H2,1-3H3,(H,101,102)(H,103,104)/b11-8-,19-16-,20-17-,28-25-,29-26-,34-32-,35-33-,40-38-,48-39-,55-53-. The Bertz CT molecular complexity index is 2540. The van der Waals surface area contributed by atoms with Gasteiger partial charge in [-0.15, -0.1) is 0 Å². The quantitative estimate of drug-likeness (QED) is 0.0146. The zero-order valence-corrected chi connectivity index (χ0v) is 73.8. The Balaban J connectivity index is 4.43. The lowest BCUT2D eigenvalue weighted by Gasteiger charge is -2.21. The van der Waals surface area contributed by atoms with E-state index in [4.69, 9.17) is 32.3 Å². The molecule has 0 rings (SSSR count). The molecule has 5 unspecified atom stereocenters. The second kappa shape index (κ2) is 87.3. The molecule has 0 aliphatic heterocycles. The van der Waals surface area contributed by atoms with Crippen LogP contribution in [-0.4, -0.2) is 95.9 Å². The summed E-state index contributed by atoms with van der Waals surface area (Å²) in [6, 6.07) is 0. The van der Waals surface area contributed by atoms with Gasteiger partial charge < -0.3 is 34.2 Å². The van der Waals surface area contributed by atoms with Crippen molar-refractivity contribution in [1.82, 2.24) is 0 Å². The maximum atomic E-state index is 13.0. The third-order valence-electron chi connectivity index (χ3n) is 19.7. The zero-order chi connectivity index (χ0) is 82.2. The van der Waals surface area contributed by atoms with Gasteiger partial charge in [0.15, 0.2) is 6.10 Å². The second-order valence-corrected chi connectivity index (χ2v) is 33.6. The molecule has 5 atom stereocenters. The topological polar surface area (TPSA) is 231 Å². The van der Waals surface area contributed by atoms with Crippen LogP contribution in [-0.2, 0) is 55.8 Å². The van der Waals surface area contributed by atoms with Crippen LogP contribution in [0.1, 0.15) is 406 Å². The highest BCUT2D eigenvalue weighted by Gasteiger charge is 2.29. The van der Waals surface area contributed by atoms with Crippen LogP contribution in [0.15, 0.2) is 122 Å². The minimum atomic E-state index is -4.93. The lowest BCUT2D eigenvalue weighted by Crippen LogP contribution is -2.30. The highest BCUT2D eigenvalue weighted by Crippen LogP contribution is 2.45. The van der Waals surface area contributed by atoms with E-state index in [1.807, 2.05) is 0 Å². The van der Waals surface area contributed by atoms with E-state index in [1.54, 1.807) is 0 Å². The van der Waals surface area contributed by atoms with E-state index in [0.29, 0.717) is 19.3 Å². The molecule has 4 N–H and O–H groups in total. The summed E-state index contributed by atoms with van der Waals surface area (Å²) in [4.78, 5) is 58.9. The Morgan fingerprint density at radius 1 is 0.257 bits per heavy atom. The van der Waals surface area contributed by atoms with Gasteiger partial charge in [-0.1, -0.05) is 393 Å². The van der Waals surface area contributed by atoms with E-state index in [0.717, 1.165) is 135 Å². The van der Waals surface area contributed by atoms with Gasteiger partial charge in [0, 0.05) is 19.3 Å². The fourth-order valence-electron chi connectivity index (χ4n) is 12.7. The number of aliphatic hydroxyl groups excluding tert-OH is 2. The van der Waals surface area contributed by atoms with Gasteiger partial charge in [0.1, 0.15) is 25.4 Å². The van der Waals surface area contributed by atoms with Crippen LogP contribution >= 0.6 is 15.6 Å². The molecule has 0 aromatic carbocycles. The number of hydrogen-bond donors (Lipinski definition) is 4. The Morgan fingerprint density at radius 3 is 0.761 bits per heavy atom. The van der Waals surface area contributed by atoms with Crippen LogP contribution in [0.5, 0.6) is 0 Å². The first-order chi connectivity index (χ1) is 55.2. The van der Waals surface area contributed by atoms with Crippen molar-refractivity contribution in [2.45, 2.75) is 424 Å².